The number of aryl methyl sites for hydroxylation is 1. The maximum atomic E-state index is 13.7. The summed E-state index contributed by atoms with van der Waals surface area (Å²) >= 11 is 3.53. The zero-order chi connectivity index (χ0) is 25.2. The third-order valence-electron chi connectivity index (χ3n) is 6.14. The van der Waals surface area contributed by atoms with Crippen LogP contribution in [-0.2, 0) is 29.0 Å². The molecule has 184 valence electrons. The Balaban J connectivity index is 1.86. The van der Waals surface area contributed by atoms with E-state index in [1.807, 2.05) is 61.5 Å². The van der Waals surface area contributed by atoms with Gasteiger partial charge in [-0.15, -0.1) is 0 Å². The average molecular weight is 536 g/mol. The van der Waals surface area contributed by atoms with Crippen molar-refractivity contribution in [1.82, 2.24) is 10.2 Å². The summed E-state index contributed by atoms with van der Waals surface area (Å²) in [6.07, 6.45) is 1.45. The number of likely N-dealkylation sites (N-methyl/N-ethyl adjacent to an activating group) is 1. The van der Waals surface area contributed by atoms with Crippen molar-refractivity contribution >= 4 is 27.7 Å². The molecule has 0 bridgehead atoms. The largest absolute Gasteiger partial charge is 0.355 e. The summed E-state index contributed by atoms with van der Waals surface area (Å²) in [5.41, 5.74) is 4.43. The second-order valence-electron chi connectivity index (χ2n) is 9.15. The Kier molecular flexibility index (Phi) is 10.1. The number of halogens is 1. The molecule has 0 saturated carbocycles. The van der Waals surface area contributed by atoms with Crippen LogP contribution >= 0.6 is 15.9 Å². The lowest BCUT2D eigenvalue weighted by Gasteiger charge is -2.31. The standard InChI is InChI=1S/C30H35BrN2O2/c1-4-32-30(35)28(20-24-9-6-5-7-10-24)33(21-25-11-8-12-27(31)19-25)29(34)18-15-23-13-16-26(17-14-23)22(2)3/h5-14,16-17,19,22,28H,4,15,18,20-21H2,1-3H3,(H,32,35). The predicted octanol–water partition coefficient (Wildman–Crippen LogP) is 6.28. The van der Waals surface area contributed by atoms with Gasteiger partial charge in [0, 0.05) is 30.4 Å². The normalized spacial score (nSPS) is 11.8. The van der Waals surface area contributed by atoms with Crippen molar-refractivity contribution in [3.63, 3.8) is 0 Å². The highest BCUT2D eigenvalue weighted by atomic mass is 79.9. The lowest BCUT2D eigenvalue weighted by Crippen LogP contribution is -2.50. The van der Waals surface area contributed by atoms with Crippen molar-refractivity contribution in [2.24, 2.45) is 0 Å². The van der Waals surface area contributed by atoms with Crippen LogP contribution in [0.3, 0.4) is 0 Å². The van der Waals surface area contributed by atoms with Gasteiger partial charge in [0.1, 0.15) is 6.04 Å². The highest BCUT2D eigenvalue weighted by molar-refractivity contribution is 9.10. The first kappa shape index (κ1) is 26.7. The summed E-state index contributed by atoms with van der Waals surface area (Å²) in [5.74, 6) is 0.327. The maximum Gasteiger partial charge on any atom is 0.243 e. The maximum absolute atomic E-state index is 13.7. The van der Waals surface area contributed by atoms with Crippen molar-refractivity contribution < 1.29 is 9.59 Å². The highest BCUT2D eigenvalue weighted by Gasteiger charge is 2.30. The van der Waals surface area contributed by atoms with Crippen LogP contribution in [0.2, 0.25) is 0 Å². The van der Waals surface area contributed by atoms with E-state index in [9.17, 15) is 9.59 Å². The minimum atomic E-state index is -0.591. The van der Waals surface area contributed by atoms with E-state index >= 15 is 0 Å². The van der Waals surface area contributed by atoms with E-state index in [0.29, 0.717) is 38.3 Å². The lowest BCUT2D eigenvalue weighted by molar-refractivity contribution is -0.141. The number of carbonyl (C=O) groups is 2. The fraction of sp³-hybridized carbons (Fsp3) is 0.333. The van der Waals surface area contributed by atoms with E-state index in [2.05, 4.69) is 59.4 Å². The Morgan fingerprint density at radius 2 is 1.57 bits per heavy atom. The third-order valence-corrected chi connectivity index (χ3v) is 6.63. The molecule has 1 atom stereocenters. The SMILES string of the molecule is CCNC(=O)C(Cc1ccccc1)N(Cc1cccc(Br)c1)C(=O)CCc1ccc(C(C)C)cc1. The molecule has 1 N–H and O–H groups in total. The Bertz CT molecular complexity index is 1100. The Morgan fingerprint density at radius 1 is 0.886 bits per heavy atom. The van der Waals surface area contributed by atoms with Crippen LogP contribution in [0.5, 0.6) is 0 Å². The van der Waals surface area contributed by atoms with Gasteiger partial charge in [0.2, 0.25) is 11.8 Å². The average Bonchev–Trinajstić information content (AvgIpc) is 2.85. The van der Waals surface area contributed by atoms with Gasteiger partial charge in [-0.05, 0) is 53.6 Å². The Morgan fingerprint density at radius 3 is 2.20 bits per heavy atom. The smallest absolute Gasteiger partial charge is 0.243 e. The van der Waals surface area contributed by atoms with E-state index in [1.165, 1.54) is 5.56 Å². The van der Waals surface area contributed by atoms with Crippen molar-refractivity contribution in [3.05, 3.63) is 106 Å². The summed E-state index contributed by atoms with van der Waals surface area (Å²) in [7, 11) is 0. The fourth-order valence-corrected chi connectivity index (χ4v) is 4.59. The number of nitrogens with zero attached hydrogens (tertiary/aromatic N) is 1. The quantitative estimate of drug-likeness (QED) is 0.314. The molecule has 0 aromatic heterocycles. The first-order valence-electron chi connectivity index (χ1n) is 12.3. The van der Waals surface area contributed by atoms with Crippen LogP contribution in [0.15, 0.2) is 83.3 Å². The molecule has 2 amide bonds. The number of rotatable bonds is 11. The zero-order valence-corrected chi connectivity index (χ0v) is 22.4. The second kappa shape index (κ2) is 13.2. The molecular weight excluding hydrogens is 500 g/mol. The molecule has 1 unspecified atom stereocenters. The molecule has 0 aliphatic rings. The lowest BCUT2D eigenvalue weighted by atomic mass is 9.99. The molecule has 4 nitrogen and oxygen atoms in total. The number of nitrogens with one attached hydrogen (secondary N) is 1. The van der Waals surface area contributed by atoms with Gasteiger partial charge in [-0.1, -0.05) is 96.5 Å². The van der Waals surface area contributed by atoms with Gasteiger partial charge in [-0.25, -0.2) is 0 Å². The molecule has 3 aromatic rings. The van der Waals surface area contributed by atoms with Crippen molar-refractivity contribution in [2.45, 2.75) is 58.5 Å². The molecule has 0 radical (unpaired) electrons. The summed E-state index contributed by atoms with van der Waals surface area (Å²) in [5, 5.41) is 2.95. The van der Waals surface area contributed by atoms with E-state index in [0.717, 1.165) is 21.2 Å². The van der Waals surface area contributed by atoms with E-state index < -0.39 is 6.04 Å². The van der Waals surface area contributed by atoms with Crippen LogP contribution in [0, 0.1) is 0 Å². The van der Waals surface area contributed by atoms with Gasteiger partial charge in [0.25, 0.3) is 0 Å². The molecule has 0 aliphatic carbocycles. The topological polar surface area (TPSA) is 49.4 Å². The van der Waals surface area contributed by atoms with E-state index in [-0.39, 0.29) is 11.8 Å². The van der Waals surface area contributed by atoms with Crippen LogP contribution in [0.4, 0.5) is 0 Å². The number of benzene rings is 3. The van der Waals surface area contributed by atoms with Gasteiger partial charge >= 0.3 is 0 Å². The van der Waals surface area contributed by atoms with Gasteiger partial charge in [-0.2, -0.15) is 0 Å². The molecule has 0 fully saturated rings. The fourth-order valence-electron chi connectivity index (χ4n) is 4.14. The van der Waals surface area contributed by atoms with Gasteiger partial charge in [0.05, 0.1) is 0 Å². The van der Waals surface area contributed by atoms with E-state index in [1.54, 1.807) is 4.90 Å². The minimum Gasteiger partial charge on any atom is -0.355 e. The summed E-state index contributed by atoms with van der Waals surface area (Å²) < 4.78 is 0.949. The first-order valence-corrected chi connectivity index (χ1v) is 13.1. The minimum absolute atomic E-state index is 0.0231. The molecule has 0 spiro atoms. The van der Waals surface area contributed by atoms with Crippen molar-refractivity contribution in [3.8, 4) is 0 Å². The number of hydrogen-bond donors (Lipinski definition) is 1. The monoisotopic (exact) mass is 534 g/mol. The van der Waals surface area contributed by atoms with Crippen molar-refractivity contribution in [2.75, 3.05) is 6.54 Å². The van der Waals surface area contributed by atoms with Crippen LogP contribution in [0.25, 0.3) is 0 Å². The first-order chi connectivity index (χ1) is 16.9. The number of carbonyl (C=O) groups excluding carboxylic acids is 2. The third kappa shape index (κ3) is 8.07. The molecular formula is C30H35BrN2O2. The molecule has 0 heterocycles. The Labute approximate surface area is 217 Å². The van der Waals surface area contributed by atoms with Crippen LogP contribution < -0.4 is 5.32 Å². The molecule has 35 heavy (non-hydrogen) atoms. The molecule has 3 rings (SSSR count). The zero-order valence-electron chi connectivity index (χ0n) is 20.8. The number of hydrogen-bond acceptors (Lipinski definition) is 2. The molecule has 0 aliphatic heterocycles. The van der Waals surface area contributed by atoms with Gasteiger partial charge in [0.15, 0.2) is 0 Å². The predicted molar refractivity (Wildman–Crippen MR) is 146 cm³/mol. The van der Waals surface area contributed by atoms with Crippen molar-refractivity contribution in [1.29, 1.82) is 0 Å². The van der Waals surface area contributed by atoms with Crippen LogP contribution in [-0.4, -0.2) is 29.3 Å². The summed E-state index contributed by atoms with van der Waals surface area (Å²) in [4.78, 5) is 28.6. The molecule has 5 heteroatoms. The van der Waals surface area contributed by atoms with Gasteiger partial charge < -0.3 is 10.2 Å². The van der Waals surface area contributed by atoms with Gasteiger partial charge in [-0.3, -0.25) is 9.59 Å². The number of amides is 2. The second-order valence-corrected chi connectivity index (χ2v) is 10.1. The molecule has 3 aromatic carbocycles. The summed E-state index contributed by atoms with van der Waals surface area (Å²) in [6.45, 7) is 7.14. The van der Waals surface area contributed by atoms with Crippen LogP contribution in [0.1, 0.15) is 55.4 Å². The van der Waals surface area contributed by atoms with E-state index in [4.69, 9.17) is 0 Å². The molecule has 0 saturated heterocycles. The highest BCUT2D eigenvalue weighted by Crippen LogP contribution is 2.20. The summed E-state index contributed by atoms with van der Waals surface area (Å²) in [6, 6.07) is 25.7. The Hall–Kier alpha value is -2.92.